The number of nitrogens with zero attached hydrogens (tertiary/aromatic N) is 1. The fourth-order valence-corrected chi connectivity index (χ4v) is 3.09. The minimum absolute atomic E-state index is 0.288. The molecule has 5 heteroatoms. The summed E-state index contributed by atoms with van der Waals surface area (Å²) >= 11 is 0. The summed E-state index contributed by atoms with van der Waals surface area (Å²) in [5, 5.41) is 0. The van der Waals surface area contributed by atoms with Crippen molar-refractivity contribution in [3.63, 3.8) is 0 Å². The lowest BCUT2D eigenvalue weighted by Gasteiger charge is -2.25. The Labute approximate surface area is 108 Å². The third-order valence-corrected chi connectivity index (χ3v) is 4.06. The second-order valence-corrected chi connectivity index (χ2v) is 7.74. The van der Waals surface area contributed by atoms with Gasteiger partial charge in [-0.3, -0.25) is 4.98 Å². The van der Waals surface area contributed by atoms with Crippen molar-refractivity contribution in [1.82, 2.24) is 4.98 Å². The first-order valence-corrected chi connectivity index (χ1v) is 7.96. The maximum atomic E-state index is 11.9. The molecule has 0 fully saturated rings. The molecule has 0 saturated heterocycles. The molecule has 18 heavy (non-hydrogen) atoms. The molecule has 0 saturated carbocycles. The van der Waals surface area contributed by atoms with E-state index in [1.165, 1.54) is 6.26 Å². The average molecular weight is 269 g/mol. The SMILES string of the molecule is CC(C)(C)c1nc2c(cc1S(C)(=O)=O)OCCC2. The van der Waals surface area contributed by atoms with Crippen LogP contribution in [-0.2, 0) is 21.7 Å². The monoisotopic (exact) mass is 269 g/mol. The second-order valence-electron chi connectivity index (χ2n) is 5.75. The summed E-state index contributed by atoms with van der Waals surface area (Å²) in [4.78, 5) is 4.83. The van der Waals surface area contributed by atoms with Crippen LogP contribution in [0.2, 0.25) is 0 Å². The van der Waals surface area contributed by atoms with Crippen molar-refractivity contribution in [1.29, 1.82) is 0 Å². The molecule has 1 aromatic heterocycles. The van der Waals surface area contributed by atoms with E-state index < -0.39 is 9.84 Å². The van der Waals surface area contributed by atoms with Gasteiger partial charge in [0.1, 0.15) is 5.75 Å². The molecule has 1 aliphatic rings. The van der Waals surface area contributed by atoms with Crippen molar-refractivity contribution in [3.05, 3.63) is 17.5 Å². The molecular formula is C13H19NO3S. The van der Waals surface area contributed by atoms with Gasteiger partial charge in [-0.15, -0.1) is 0 Å². The van der Waals surface area contributed by atoms with Crippen LogP contribution < -0.4 is 4.74 Å². The number of hydrogen-bond acceptors (Lipinski definition) is 4. The lowest BCUT2D eigenvalue weighted by molar-refractivity contribution is 0.282. The van der Waals surface area contributed by atoms with Crippen LogP contribution in [0, 0.1) is 0 Å². The highest BCUT2D eigenvalue weighted by atomic mass is 32.2. The van der Waals surface area contributed by atoms with Gasteiger partial charge in [-0.2, -0.15) is 0 Å². The third kappa shape index (κ3) is 2.51. The molecule has 4 nitrogen and oxygen atoms in total. The molecule has 0 atom stereocenters. The molecule has 1 aliphatic heterocycles. The Morgan fingerprint density at radius 2 is 2.00 bits per heavy atom. The van der Waals surface area contributed by atoms with Crippen molar-refractivity contribution in [3.8, 4) is 5.75 Å². The molecule has 2 rings (SSSR count). The fourth-order valence-electron chi connectivity index (χ4n) is 2.06. The van der Waals surface area contributed by atoms with Crippen LogP contribution in [-0.4, -0.2) is 26.3 Å². The highest BCUT2D eigenvalue weighted by Crippen LogP contribution is 2.33. The van der Waals surface area contributed by atoms with Crippen molar-refractivity contribution < 1.29 is 13.2 Å². The quantitative estimate of drug-likeness (QED) is 0.783. The zero-order valence-electron chi connectivity index (χ0n) is 11.3. The van der Waals surface area contributed by atoms with Crippen molar-refractivity contribution >= 4 is 9.84 Å². The number of pyridine rings is 1. The molecule has 0 N–H and O–H groups in total. The highest BCUT2D eigenvalue weighted by molar-refractivity contribution is 7.90. The summed E-state index contributed by atoms with van der Waals surface area (Å²) in [5.41, 5.74) is 1.21. The Kier molecular flexibility index (Phi) is 3.13. The molecule has 0 bridgehead atoms. The summed E-state index contributed by atoms with van der Waals surface area (Å²) in [5.74, 6) is 0.620. The zero-order chi connectivity index (χ0) is 13.6. The van der Waals surface area contributed by atoms with Crippen LogP contribution in [0.15, 0.2) is 11.0 Å². The third-order valence-electron chi connectivity index (χ3n) is 2.95. The largest absolute Gasteiger partial charge is 0.492 e. The average Bonchev–Trinajstić information content (AvgIpc) is 2.25. The second kappa shape index (κ2) is 4.23. The van der Waals surface area contributed by atoms with Gasteiger partial charge < -0.3 is 4.74 Å². The minimum Gasteiger partial charge on any atom is -0.492 e. The van der Waals surface area contributed by atoms with Gasteiger partial charge in [0.2, 0.25) is 0 Å². The molecule has 0 radical (unpaired) electrons. The summed E-state index contributed by atoms with van der Waals surface area (Å²) in [6.45, 7) is 6.55. The van der Waals surface area contributed by atoms with Gasteiger partial charge in [-0.05, 0) is 12.8 Å². The van der Waals surface area contributed by atoms with Crippen LogP contribution in [0.3, 0.4) is 0 Å². The number of aromatic nitrogens is 1. The number of aryl methyl sites for hydroxylation is 1. The molecule has 0 unspecified atom stereocenters. The van der Waals surface area contributed by atoms with E-state index in [0.29, 0.717) is 18.1 Å². The van der Waals surface area contributed by atoms with E-state index in [-0.39, 0.29) is 10.3 Å². The van der Waals surface area contributed by atoms with E-state index in [1.807, 2.05) is 20.8 Å². The Morgan fingerprint density at radius 1 is 1.33 bits per heavy atom. The van der Waals surface area contributed by atoms with Crippen molar-refractivity contribution in [2.24, 2.45) is 0 Å². The maximum Gasteiger partial charge on any atom is 0.177 e. The Morgan fingerprint density at radius 3 is 2.56 bits per heavy atom. The van der Waals surface area contributed by atoms with Gasteiger partial charge in [0, 0.05) is 17.7 Å². The van der Waals surface area contributed by atoms with Gasteiger partial charge >= 0.3 is 0 Å². The lowest BCUT2D eigenvalue weighted by atomic mass is 9.91. The first kappa shape index (κ1) is 13.3. The van der Waals surface area contributed by atoms with Gasteiger partial charge in [0.15, 0.2) is 9.84 Å². The molecular weight excluding hydrogens is 250 g/mol. The topological polar surface area (TPSA) is 56.3 Å². The van der Waals surface area contributed by atoms with Crippen LogP contribution >= 0.6 is 0 Å². The molecule has 100 valence electrons. The van der Waals surface area contributed by atoms with Gasteiger partial charge in [0.05, 0.1) is 22.9 Å². The summed E-state index contributed by atoms with van der Waals surface area (Å²) in [6, 6.07) is 1.64. The summed E-state index contributed by atoms with van der Waals surface area (Å²) in [6.07, 6.45) is 3.00. The van der Waals surface area contributed by atoms with E-state index in [9.17, 15) is 8.42 Å². The smallest absolute Gasteiger partial charge is 0.177 e. The number of ether oxygens (including phenoxy) is 1. The van der Waals surface area contributed by atoms with E-state index in [1.54, 1.807) is 6.07 Å². The van der Waals surface area contributed by atoms with E-state index in [4.69, 9.17) is 4.74 Å². The maximum absolute atomic E-state index is 11.9. The van der Waals surface area contributed by atoms with Gasteiger partial charge in [-0.1, -0.05) is 20.8 Å². The number of fused-ring (bicyclic) bond motifs is 1. The van der Waals surface area contributed by atoms with Crippen LogP contribution in [0.4, 0.5) is 0 Å². The Hall–Kier alpha value is -1.10. The lowest BCUT2D eigenvalue weighted by Crippen LogP contribution is -2.22. The normalized spacial score (nSPS) is 16.0. The first-order valence-electron chi connectivity index (χ1n) is 6.07. The van der Waals surface area contributed by atoms with Crippen LogP contribution in [0.25, 0.3) is 0 Å². The summed E-state index contributed by atoms with van der Waals surface area (Å²) in [7, 11) is -3.29. The summed E-state index contributed by atoms with van der Waals surface area (Å²) < 4.78 is 29.3. The standard InChI is InChI=1S/C13H19NO3S/c1-13(2,3)12-11(18(4,15)16)8-10-9(14-12)6-5-7-17-10/h8H,5-7H2,1-4H3. The fraction of sp³-hybridized carbons (Fsp3) is 0.615. The molecule has 0 amide bonds. The molecule has 0 spiro atoms. The molecule has 0 aromatic carbocycles. The van der Waals surface area contributed by atoms with E-state index >= 15 is 0 Å². The minimum atomic E-state index is -3.29. The molecule has 0 aliphatic carbocycles. The molecule has 1 aromatic rings. The van der Waals surface area contributed by atoms with Crippen LogP contribution in [0.1, 0.15) is 38.6 Å². The van der Waals surface area contributed by atoms with Crippen molar-refractivity contribution in [2.45, 2.75) is 43.9 Å². The molecule has 2 heterocycles. The number of hydrogen-bond donors (Lipinski definition) is 0. The Bertz CT molecular complexity index is 571. The predicted octanol–water partition coefficient (Wildman–Crippen LogP) is 2.11. The van der Waals surface area contributed by atoms with E-state index in [0.717, 1.165) is 18.5 Å². The highest BCUT2D eigenvalue weighted by Gasteiger charge is 2.28. The van der Waals surface area contributed by atoms with E-state index in [2.05, 4.69) is 4.98 Å². The Balaban J connectivity index is 2.70. The predicted molar refractivity (Wildman–Crippen MR) is 69.9 cm³/mol. The zero-order valence-corrected chi connectivity index (χ0v) is 12.1. The first-order chi connectivity index (χ1) is 8.19. The number of sulfone groups is 1. The van der Waals surface area contributed by atoms with Crippen LogP contribution in [0.5, 0.6) is 5.75 Å². The number of rotatable bonds is 1. The van der Waals surface area contributed by atoms with Gasteiger partial charge in [-0.25, -0.2) is 8.42 Å². The van der Waals surface area contributed by atoms with Crippen molar-refractivity contribution in [2.75, 3.05) is 12.9 Å². The van der Waals surface area contributed by atoms with Gasteiger partial charge in [0.25, 0.3) is 0 Å².